The summed E-state index contributed by atoms with van der Waals surface area (Å²) in [4.78, 5) is 68.8. The molecule has 0 N–H and O–H groups in total. The fourth-order valence-corrected chi connectivity index (χ4v) is 13.2. The van der Waals surface area contributed by atoms with Gasteiger partial charge in [0.1, 0.15) is 114 Å². The molecule has 0 amide bonds. The molecule has 0 aliphatic carbocycles. The molecular formula is C103H100BrCl7FIO18. The standard InChI is InChI=1S/C18H19ClO3.C17H16BrClO3.C17H16Cl2O3.C17H16ClFO3.C17H16ClIO3.C17H17ClO3/c1-4-18(20)22-17-7-5-6-12(2)15(17)11-21-14-9-8-13(3)16(19)10-14;2*1-3-17(20)22-16-6-4-5-14(18)13(16)10-21-12-8-7-11(2)15(19)9-12;2*1-3-17(20)22-16-6-4-5-15(19)13(16)10-21-12-8-7-11(2)14(18)9-12;1-3-17(19)21-16-7-5-4-6-13(16)11-20-14-9-8-12(2)15(18)10-14/h5-10H,4,11H2,1-3H3;4*4-9H,3,10H2,1-2H3;4-10H,3,11H2,1-2H3. The van der Waals surface area contributed by atoms with Crippen molar-refractivity contribution in [1.29, 1.82) is 0 Å². The van der Waals surface area contributed by atoms with Crippen molar-refractivity contribution in [3.05, 3.63) is 346 Å². The topological polar surface area (TPSA) is 213 Å². The second kappa shape index (κ2) is 55.7. The summed E-state index contributed by atoms with van der Waals surface area (Å²) in [6, 6.07) is 66.3. The monoisotopic (exact) mass is 2090 g/mol. The van der Waals surface area contributed by atoms with Crippen molar-refractivity contribution < 1.29 is 90.0 Å². The minimum Gasteiger partial charge on any atom is -0.489 e. The van der Waals surface area contributed by atoms with Gasteiger partial charge < -0.3 is 56.8 Å². The Morgan fingerprint density at radius 3 is 0.893 bits per heavy atom. The quantitative estimate of drug-likeness (QED) is 0.0232. The first-order chi connectivity index (χ1) is 62.6. The first-order valence-electron chi connectivity index (χ1n) is 41.5. The molecule has 0 heterocycles. The van der Waals surface area contributed by atoms with Crippen LogP contribution in [-0.4, -0.2) is 35.8 Å². The molecule has 131 heavy (non-hydrogen) atoms. The molecule has 12 aromatic rings. The van der Waals surface area contributed by atoms with Gasteiger partial charge in [0.2, 0.25) is 0 Å². The lowest BCUT2D eigenvalue weighted by Gasteiger charge is -2.14. The van der Waals surface area contributed by atoms with Crippen molar-refractivity contribution in [1.82, 2.24) is 0 Å². The van der Waals surface area contributed by atoms with E-state index >= 15 is 0 Å². The van der Waals surface area contributed by atoms with E-state index < -0.39 is 11.8 Å². The zero-order valence-electron chi connectivity index (χ0n) is 74.5. The highest BCUT2D eigenvalue weighted by atomic mass is 127. The third-order valence-corrected chi connectivity index (χ3v) is 23.4. The number of ether oxygens (including phenoxy) is 12. The van der Waals surface area contributed by atoms with Crippen molar-refractivity contribution in [2.24, 2.45) is 0 Å². The second-order valence-corrected chi connectivity index (χ2v) is 33.6. The maximum absolute atomic E-state index is 14.0. The third kappa shape index (κ3) is 35.8. The van der Waals surface area contributed by atoms with Crippen LogP contribution in [0, 0.1) is 57.9 Å². The number of hydrogen-bond acceptors (Lipinski definition) is 18. The Morgan fingerprint density at radius 2 is 0.527 bits per heavy atom. The Labute approximate surface area is 821 Å². The largest absolute Gasteiger partial charge is 0.489 e. The smallest absolute Gasteiger partial charge is 0.310 e. The van der Waals surface area contributed by atoms with Crippen LogP contribution in [0.2, 0.25) is 35.2 Å². The lowest BCUT2D eigenvalue weighted by Crippen LogP contribution is -2.09. The van der Waals surface area contributed by atoms with E-state index in [4.69, 9.17) is 138 Å². The van der Waals surface area contributed by atoms with Crippen LogP contribution < -0.4 is 56.8 Å². The first-order valence-corrected chi connectivity index (χ1v) is 46.0. The molecule has 28 heteroatoms. The highest BCUT2D eigenvalue weighted by Crippen LogP contribution is 2.36. The number of benzene rings is 12. The van der Waals surface area contributed by atoms with Crippen LogP contribution in [0.4, 0.5) is 4.39 Å². The number of rotatable bonds is 30. The van der Waals surface area contributed by atoms with Gasteiger partial charge in [-0.05, 0) is 243 Å². The first kappa shape index (κ1) is 107. The van der Waals surface area contributed by atoms with Crippen LogP contribution >= 0.6 is 120 Å². The van der Waals surface area contributed by atoms with Gasteiger partial charge in [-0.3, -0.25) is 28.8 Å². The summed E-state index contributed by atoms with van der Waals surface area (Å²) in [6.07, 6.45) is 1.83. The zero-order chi connectivity index (χ0) is 95.8. The molecule has 0 saturated carbocycles. The summed E-state index contributed by atoms with van der Waals surface area (Å²) in [5, 5.41) is 4.34. The Morgan fingerprint density at radius 1 is 0.267 bits per heavy atom. The van der Waals surface area contributed by atoms with Crippen LogP contribution in [0.15, 0.2) is 229 Å². The van der Waals surface area contributed by atoms with E-state index in [2.05, 4.69) is 38.5 Å². The van der Waals surface area contributed by atoms with E-state index in [9.17, 15) is 33.2 Å². The molecule has 0 unspecified atom stereocenters. The van der Waals surface area contributed by atoms with Gasteiger partial charge in [-0.15, -0.1) is 0 Å². The van der Waals surface area contributed by atoms with Gasteiger partial charge in [0.05, 0.1) is 16.1 Å². The van der Waals surface area contributed by atoms with Crippen molar-refractivity contribution >= 4 is 156 Å². The van der Waals surface area contributed by atoms with Crippen LogP contribution in [0.1, 0.15) is 152 Å². The molecule has 0 fully saturated rings. The number of aryl methyl sites for hydroxylation is 7. The number of halogens is 10. The summed E-state index contributed by atoms with van der Waals surface area (Å²) in [5.74, 6) is 4.27. The Bertz CT molecular complexity index is 5210. The van der Waals surface area contributed by atoms with Crippen molar-refractivity contribution in [3.63, 3.8) is 0 Å². The lowest BCUT2D eigenvalue weighted by molar-refractivity contribution is -0.135. The summed E-state index contributed by atoms with van der Waals surface area (Å²) in [6.45, 7) is 25.3. The maximum atomic E-state index is 14.0. The molecule has 12 rings (SSSR count). The lowest BCUT2D eigenvalue weighted by atomic mass is 10.1. The predicted molar refractivity (Wildman–Crippen MR) is 527 cm³/mol. The summed E-state index contributed by atoms with van der Waals surface area (Å²) >= 11 is 48.3. The van der Waals surface area contributed by atoms with Gasteiger partial charge in [-0.25, -0.2) is 4.39 Å². The molecular weight excluding hydrogens is 2000 g/mol. The van der Waals surface area contributed by atoms with E-state index in [0.29, 0.717) is 156 Å². The van der Waals surface area contributed by atoms with Crippen molar-refractivity contribution in [2.45, 2.75) is 168 Å². The number of carbonyl (C=O) groups is 6. The molecule has 0 aromatic heterocycles. The maximum Gasteiger partial charge on any atom is 0.310 e. The number of para-hydroxylation sites is 1. The highest BCUT2D eigenvalue weighted by molar-refractivity contribution is 14.1. The molecule has 0 aliphatic rings. The van der Waals surface area contributed by atoms with Gasteiger partial charge in [0.15, 0.2) is 0 Å². The van der Waals surface area contributed by atoms with E-state index in [0.717, 1.165) is 69.2 Å². The predicted octanol–water partition coefficient (Wildman–Crippen LogP) is 29.7. The van der Waals surface area contributed by atoms with Crippen LogP contribution in [0.5, 0.6) is 69.0 Å². The van der Waals surface area contributed by atoms with Gasteiger partial charge in [0.25, 0.3) is 0 Å². The van der Waals surface area contributed by atoms with E-state index in [1.165, 1.54) is 18.2 Å². The van der Waals surface area contributed by atoms with Gasteiger partial charge in [-0.2, -0.15) is 0 Å². The number of hydrogen-bond donors (Lipinski definition) is 0. The highest BCUT2D eigenvalue weighted by Gasteiger charge is 2.20. The molecule has 18 nitrogen and oxygen atoms in total. The van der Waals surface area contributed by atoms with E-state index in [1.54, 1.807) is 126 Å². The Balaban J connectivity index is 0.000000215. The molecule has 0 radical (unpaired) electrons. The molecule has 0 spiro atoms. The van der Waals surface area contributed by atoms with E-state index in [1.807, 2.05) is 170 Å². The van der Waals surface area contributed by atoms with Crippen LogP contribution in [0.25, 0.3) is 0 Å². The molecule has 0 aliphatic heterocycles. The minimum atomic E-state index is -0.486. The SMILES string of the molecule is CCC(=O)Oc1cccc(Br)c1COc1ccc(C)c(Cl)c1.CCC(=O)Oc1cccc(C)c1COc1ccc(C)c(Cl)c1.CCC(=O)Oc1cccc(Cl)c1COc1ccc(C)c(Cl)c1.CCC(=O)Oc1cccc(F)c1COc1ccc(C)c(Cl)c1.CCC(=O)Oc1cccc(I)c1COc1ccc(C)c(Cl)c1.CCC(=O)Oc1ccccc1COc1ccc(C)c(Cl)c1. The molecule has 0 saturated heterocycles. The Hall–Kier alpha value is -10.6. The minimum absolute atomic E-state index is 0.0572. The zero-order valence-corrected chi connectivity index (χ0v) is 83.5. The Kier molecular flexibility index (Phi) is 45.7. The van der Waals surface area contributed by atoms with Crippen LogP contribution in [0.3, 0.4) is 0 Å². The van der Waals surface area contributed by atoms with Gasteiger partial charge in [-0.1, -0.05) is 230 Å². The average Bonchev–Trinajstić information content (AvgIpc) is 0.859. The van der Waals surface area contributed by atoms with Crippen LogP contribution in [-0.2, 0) is 68.4 Å². The fraction of sp³-hybridized carbons (Fsp3) is 0.243. The summed E-state index contributed by atoms with van der Waals surface area (Å²) in [7, 11) is 0. The normalized spacial score (nSPS) is 10.3. The number of carbonyl (C=O) groups excluding carboxylic acids is 6. The van der Waals surface area contributed by atoms with Crippen molar-refractivity contribution in [3.8, 4) is 69.0 Å². The second-order valence-electron chi connectivity index (χ2n) is 28.7. The third-order valence-electron chi connectivity index (χ3n) is 18.9. The summed E-state index contributed by atoms with van der Waals surface area (Å²) in [5.41, 5.74) is 11.0. The van der Waals surface area contributed by atoms with Crippen molar-refractivity contribution in [2.75, 3.05) is 0 Å². The molecule has 690 valence electrons. The van der Waals surface area contributed by atoms with Gasteiger partial charge in [0, 0.05) is 99.0 Å². The fourth-order valence-electron chi connectivity index (χ4n) is 10.9. The van der Waals surface area contributed by atoms with E-state index in [-0.39, 0.29) is 67.4 Å². The summed E-state index contributed by atoms with van der Waals surface area (Å²) < 4.78 is 81.8. The average molecular weight is 2100 g/mol. The number of esters is 6. The molecule has 0 bridgehead atoms. The van der Waals surface area contributed by atoms with Gasteiger partial charge >= 0.3 is 35.8 Å². The molecule has 0 atom stereocenters. The molecule has 12 aromatic carbocycles.